The van der Waals surface area contributed by atoms with E-state index in [1.807, 2.05) is 29.9 Å². The van der Waals surface area contributed by atoms with Crippen LogP contribution in [-0.2, 0) is 6.54 Å². The molecule has 1 aromatic heterocycles. The number of benzene rings is 1. The summed E-state index contributed by atoms with van der Waals surface area (Å²) in [6.45, 7) is 2.65. The molecule has 0 saturated carbocycles. The summed E-state index contributed by atoms with van der Waals surface area (Å²) >= 11 is 9.33. The zero-order chi connectivity index (χ0) is 10.8. The van der Waals surface area contributed by atoms with Gasteiger partial charge < -0.3 is 0 Å². The highest BCUT2D eigenvalue weighted by atomic mass is 79.9. The molecule has 1 aromatic carbocycles. The van der Waals surface area contributed by atoms with E-state index < -0.39 is 0 Å². The SMILES string of the molecule is Cc1nn(Cc2ccc(Br)cc2)cc1Cl. The smallest absolute Gasteiger partial charge is 0.0815 e. The lowest BCUT2D eigenvalue weighted by atomic mass is 10.2. The first-order valence-electron chi connectivity index (χ1n) is 4.59. The van der Waals surface area contributed by atoms with Crippen LogP contribution in [0, 0.1) is 6.92 Å². The second kappa shape index (κ2) is 4.37. The molecule has 78 valence electrons. The lowest BCUT2D eigenvalue weighted by Crippen LogP contribution is -1.99. The molecule has 2 aromatic rings. The summed E-state index contributed by atoms with van der Waals surface area (Å²) < 4.78 is 2.93. The predicted molar refractivity (Wildman–Crippen MR) is 65.2 cm³/mol. The Bertz CT molecular complexity index is 442. The van der Waals surface area contributed by atoms with Gasteiger partial charge in [-0.05, 0) is 24.6 Å². The van der Waals surface area contributed by atoms with Crippen molar-refractivity contribution in [2.24, 2.45) is 0 Å². The first kappa shape index (κ1) is 10.7. The molecule has 1 heterocycles. The molecule has 15 heavy (non-hydrogen) atoms. The fraction of sp³-hybridized carbons (Fsp3) is 0.182. The summed E-state index contributed by atoms with van der Waals surface area (Å²) in [6, 6.07) is 8.17. The van der Waals surface area contributed by atoms with Gasteiger partial charge in [-0.1, -0.05) is 39.7 Å². The van der Waals surface area contributed by atoms with Crippen molar-refractivity contribution in [1.82, 2.24) is 9.78 Å². The first-order chi connectivity index (χ1) is 7.15. The fourth-order valence-corrected chi connectivity index (χ4v) is 1.77. The number of hydrogen-bond acceptors (Lipinski definition) is 1. The van der Waals surface area contributed by atoms with Crippen LogP contribution in [0.4, 0.5) is 0 Å². The van der Waals surface area contributed by atoms with Gasteiger partial charge in [-0.2, -0.15) is 5.10 Å². The van der Waals surface area contributed by atoms with E-state index in [2.05, 4.69) is 33.2 Å². The molecule has 0 aliphatic carbocycles. The molecule has 0 aliphatic rings. The van der Waals surface area contributed by atoms with E-state index in [1.165, 1.54) is 5.56 Å². The van der Waals surface area contributed by atoms with Gasteiger partial charge >= 0.3 is 0 Å². The minimum atomic E-state index is 0.715. The quantitative estimate of drug-likeness (QED) is 0.823. The Morgan fingerprint density at radius 2 is 2.00 bits per heavy atom. The minimum absolute atomic E-state index is 0.715. The molecular formula is C11H10BrClN2. The van der Waals surface area contributed by atoms with Crippen molar-refractivity contribution in [1.29, 1.82) is 0 Å². The van der Waals surface area contributed by atoms with Crippen LogP contribution < -0.4 is 0 Å². The second-order valence-corrected chi connectivity index (χ2v) is 4.71. The van der Waals surface area contributed by atoms with Crippen molar-refractivity contribution in [2.75, 3.05) is 0 Å². The number of rotatable bonds is 2. The predicted octanol–water partition coefficient (Wildman–Crippen LogP) is 3.66. The summed E-state index contributed by atoms with van der Waals surface area (Å²) in [4.78, 5) is 0. The number of aryl methyl sites for hydroxylation is 1. The average molecular weight is 286 g/mol. The van der Waals surface area contributed by atoms with Gasteiger partial charge in [-0.25, -0.2) is 0 Å². The van der Waals surface area contributed by atoms with Crippen LogP contribution in [0.1, 0.15) is 11.3 Å². The third-order valence-electron chi connectivity index (χ3n) is 2.14. The second-order valence-electron chi connectivity index (χ2n) is 3.39. The molecule has 0 radical (unpaired) electrons. The van der Waals surface area contributed by atoms with E-state index in [9.17, 15) is 0 Å². The summed E-state index contributed by atoms with van der Waals surface area (Å²) in [5.41, 5.74) is 2.08. The largest absolute Gasteiger partial charge is 0.267 e. The van der Waals surface area contributed by atoms with Crippen molar-refractivity contribution in [3.63, 3.8) is 0 Å². The number of aromatic nitrogens is 2. The summed E-state index contributed by atoms with van der Waals surface area (Å²) in [6.07, 6.45) is 1.85. The molecule has 4 heteroatoms. The van der Waals surface area contributed by atoms with Crippen molar-refractivity contribution in [2.45, 2.75) is 13.5 Å². The van der Waals surface area contributed by atoms with Crippen molar-refractivity contribution in [3.05, 3.63) is 51.2 Å². The fourth-order valence-electron chi connectivity index (χ4n) is 1.35. The highest BCUT2D eigenvalue weighted by Gasteiger charge is 2.02. The first-order valence-corrected chi connectivity index (χ1v) is 5.76. The van der Waals surface area contributed by atoms with E-state index in [0.717, 1.165) is 16.7 Å². The molecule has 0 unspecified atom stereocenters. The van der Waals surface area contributed by atoms with E-state index in [1.54, 1.807) is 0 Å². The number of hydrogen-bond donors (Lipinski definition) is 0. The maximum Gasteiger partial charge on any atom is 0.0815 e. The van der Waals surface area contributed by atoms with E-state index in [-0.39, 0.29) is 0 Å². The van der Waals surface area contributed by atoms with Gasteiger partial charge in [0, 0.05) is 10.7 Å². The molecule has 0 spiro atoms. The molecular weight excluding hydrogens is 275 g/mol. The summed E-state index contributed by atoms with van der Waals surface area (Å²) in [7, 11) is 0. The lowest BCUT2D eigenvalue weighted by Gasteiger charge is -2.01. The van der Waals surface area contributed by atoms with Gasteiger partial charge in [0.25, 0.3) is 0 Å². The van der Waals surface area contributed by atoms with Gasteiger partial charge in [-0.15, -0.1) is 0 Å². The zero-order valence-electron chi connectivity index (χ0n) is 8.24. The molecule has 0 aliphatic heterocycles. The van der Waals surface area contributed by atoms with Crippen molar-refractivity contribution in [3.8, 4) is 0 Å². The normalized spacial score (nSPS) is 10.6. The molecule has 0 amide bonds. The van der Waals surface area contributed by atoms with Crippen molar-refractivity contribution < 1.29 is 0 Å². The van der Waals surface area contributed by atoms with Crippen LogP contribution in [0.3, 0.4) is 0 Å². The van der Waals surface area contributed by atoms with E-state index in [4.69, 9.17) is 11.6 Å². The maximum absolute atomic E-state index is 5.93. The van der Waals surface area contributed by atoms with Crippen LogP contribution in [0.15, 0.2) is 34.9 Å². The molecule has 0 bridgehead atoms. The van der Waals surface area contributed by atoms with E-state index >= 15 is 0 Å². The Kier molecular flexibility index (Phi) is 3.12. The molecule has 0 fully saturated rings. The van der Waals surface area contributed by atoms with Crippen LogP contribution in [0.2, 0.25) is 5.02 Å². The Morgan fingerprint density at radius 3 is 2.53 bits per heavy atom. The third kappa shape index (κ3) is 2.61. The van der Waals surface area contributed by atoms with Gasteiger partial charge in [0.2, 0.25) is 0 Å². The molecule has 2 rings (SSSR count). The topological polar surface area (TPSA) is 17.8 Å². The lowest BCUT2D eigenvalue weighted by molar-refractivity contribution is 0.679. The summed E-state index contributed by atoms with van der Waals surface area (Å²) in [5, 5.41) is 5.02. The highest BCUT2D eigenvalue weighted by molar-refractivity contribution is 9.10. The Labute approximate surface area is 102 Å². The minimum Gasteiger partial charge on any atom is -0.267 e. The summed E-state index contributed by atoms with van der Waals surface area (Å²) in [5.74, 6) is 0. The Morgan fingerprint density at radius 1 is 1.33 bits per heavy atom. The van der Waals surface area contributed by atoms with E-state index in [0.29, 0.717) is 5.02 Å². The molecule has 0 N–H and O–H groups in total. The molecule has 0 saturated heterocycles. The monoisotopic (exact) mass is 284 g/mol. The highest BCUT2D eigenvalue weighted by Crippen LogP contribution is 2.15. The van der Waals surface area contributed by atoms with Crippen LogP contribution in [0.25, 0.3) is 0 Å². The van der Waals surface area contributed by atoms with Gasteiger partial charge in [0.05, 0.1) is 17.3 Å². The Hall–Kier alpha value is -0.800. The maximum atomic E-state index is 5.93. The zero-order valence-corrected chi connectivity index (χ0v) is 10.6. The van der Waals surface area contributed by atoms with Crippen molar-refractivity contribution >= 4 is 27.5 Å². The van der Waals surface area contributed by atoms with Crippen LogP contribution >= 0.6 is 27.5 Å². The molecule has 0 atom stereocenters. The standard InChI is InChI=1S/C11H10BrClN2/c1-8-11(13)7-15(14-8)6-9-2-4-10(12)5-3-9/h2-5,7H,6H2,1H3. The van der Waals surface area contributed by atoms with Crippen LogP contribution in [0.5, 0.6) is 0 Å². The average Bonchev–Trinajstić information content (AvgIpc) is 2.50. The Balaban J connectivity index is 2.18. The van der Waals surface area contributed by atoms with Crippen LogP contribution in [-0.4, -0.2) is 9.78 Å². The third-order valence-corrected chi connectivity index (χ3v) is 3.04. The number of nitrogens with zero attached hydrogens (tertiary/aromatic N) is 2. The van der Waals surface area contributed by atoms with Gasteiger partial charge in [0.1, 0.15) is 0 Å². The van der Waals surface area contributed by atoms with Gasteiger partial charge in [-0.3, -0.25) is 4.68 Å². The van der Waals surface area contributed by atoms with Gasteiger partial charge in [0.15, 0.2) is 0 Å². The number of halogens is 2. The molecule has 2 nitrogen and oxygen atoms in total.